The van der Waals surface area contributed by atoms with Crippen molar-refractivity contribution in [3.05, 3.63) is 0 Å². The van der Waals surface area contributed by atoms with Crippen LogP contribution in [0.2, 0.25) is 0 Å². The van der Waals surface area contributed by atoms with Crippen molar-refractivity contribution in [2.45, 2.75) is 220 Å². The minimum absolute atomic E-state index is 0.00106. The molecule has 7 rings (SSSR count). The number of methoxy groups -OCH3 is 6. The van der Waals surface area contributed by atoms with Crippen LogP contribution < -0.4 is 0 Å². The summed E-state index contributed by atoms with van der Waals surface area (Å²) >= 11 is 0. The SMILES string of the molecule is COCC1O[C@@H](O[C@H]2C(C)C(C)[C@@H](O[C@H]3C(C)C(OC)[C@H](OC)O[C@H]3COC)O[C@H]2COC)C(OC)[C@@H](C)[C@@H]1O[C@@H]1OC(COS(=O)(=O)O)[C@@H](O[C@@H]2O[C@@H](COS(=O)(=O)O)[C@@H](O[C@H]3O[C@@H](COS(=O)(=O)O)[C@H](O[C@H]4O[C@@H](COS(=O)(=O)O)CC(OOO)C4OOO)C(OOO)C3OOO)C(OOO)C2OS(=O)(=O)O)[C@H](C)C1C. The van der Waals surface area contributed by atoms with Crippen molar-refractivity contribution < 1.29 is 252 Å². The summed E-state index contributed by atoms with van der Waals surface area (Å²) in [6.07, 6.45) is -49.8. The minimum atomic E-state index is -6.01. The van der Waals surface area contributed by atoms with E-state index in [4.69, 9.17) is 118 Å². The zero-order valence-corrected chi connectivity index (χ0v) is 65.8. The Hall–Kier alpha value is -2.01. The van der Waals surface area contributed by atoms with E-state index in [1.165, 1.54) is 56.5 Å². The van der Waals surface area contributed by atoms with E-state index in [0.29, 0.717) is 0 Å². The van der Waals surface area contributed by atoms with E-state index in [9.17, 15) is 91.1 Å². The summed E-state index contributed by atoms with van der Waals surface area (Å²) in [6.45, 7) is 4.68. The van der Waals surface area contributed by atoms with Crippen LogP contribution in [0.1, 0.15) is 48.0 Å². The first-order chi connectivity index (χ1) is 53.1. The topological polar surface area (TPSA) is 687 Å². The Bertz CT molecular complexity index is 3410. The van der Waals surface area contributed by atoms with E-state index in [1.54, 1.807) is 6.92 Å². The highest BCUT2D eigenvalue weighted by Crippen LogP contribution is 2.45. The van der Waals surface area contributed by atoms with Gasteiger partial charge in [0.25, 0.3) is 0 Å². The summed E-state index contributed by atoms with van der Waals surface area (Å²) in [7, 11) is -19.4. The lowest BCUT2D eigenvalue weighted by Gasteiger charge is -2.52. The summed E-state index contributed by atoms with van der Waals surface area (Å²) in [4.78, 5) is 24.2. The lowest BCUT2D eigenvalue weighted by molar-refractivity contribution is -0.579. The third-order valence-electron chi connectivity index (χ3n) is 19.6. The first-order valence-corrected chi connectivity index (χ1v) is 40.5. The zero-order chi connectivity index (χ0) is 83.8. The summed E-state index contributed by atoms with van der Waals surface area (Å²) < 4.78 is 312. The fourth-order valence-corrected chi connectivity index (χ4v) is 15.8. The molecule has 59 heteroatoms. The predicted octanol–water partition coefficient (Wildman–Crippen LogP) is -2.39. The molecule has 54 nitrogen and oxygen atoms in total. The van der Waals surface area contributed by atoms with Crippen LogP contribution in [0.5, 0.6) is 0 Å². The van der Waals surface area contributed by atoms with Gasteiger partial charge in [-0.15, -0.1) is 0 Å². The van der Waals surface area contributed by atoms with Gasteiger partial charge in [0, 0.05) is 72.8 Å². The second-order valence-electron chi connectivity index (χ2n) is 26.5. The summed E-state index contributed by atoms with van der Waals surface area (Å²) in [6, 6.07) is 0. The molecule has 0 aromatic rings. The zero-order valence-electron chi connectivity index (χ0n) is 61.8. The molecule has 113 heavy (non-hydrogen) atoms. The highest BCUT2D eigenvalue weighted by molar-refractivity contribution is 7.81. The Labute approximate surface area is 645 Å². The minimum Gasteiger partial charge on any atom is -0.382 e. The molecule has 0 saturated carbocycles. The van der Waals surface area contributed by atoms with Crippen LogP contribution in [0.15, 0.2) is 0 Å². The molecule has 0 aromatic carbocycles. The number of ether oxygens (including phenoxy) is 19. The van der Waals surface area contributed by atoms with Crippen molar-refractivity contribution in [1.29, 1.82) is 0 Å². The van der Waals surface area contributed by atoms with E-state index >= 15 is 0 Å². The Morgan fingerprint density at radius 3 is 0.938 bits per heavy atom. The van der Waals surface area contributed by atoms with Crippen molar-refractivity contribution >= 4 is 52.0 Å². The van der Waals surface area contributed by atoms with Gasteiger partial charge in [0.1, 0.15) is 67.1 Å². The number of rotatable bonds is 45. The molecule has 7 aliphatic heterocycles. The largest absolute Gasteiger partial charge is 0.397 e. The molecule has 14 unspecified atom stereocenters. The van der Waals surface area contributed by atoms with Gasteiger partial charge in [-0.1, -0.05) is 66.7 Å². The lowest BCUT2D eigenvalue weighted by atomic mass is 9.83. The van der Waals surface area contributed by atoms with E-state index in [1.807, 2.05) is 20.8 Å². The van der Waals surface area contributed by atoms with E-state index in [-0.39, 0.29) is 37.6 Å². The highest BCUT2D eigenvalue weighted by atomic mass is 32.3. The molecule has 0 spiro atoms. The van der Waals surface area contributed by atoms with Gasteiger partial charge in [0.2, 0.25) is 0 Å². The number of hydrogen-bond donors (Lipinski definition) is 10. The van der Waals surface area contributed by atoms with Crippen LogP contribution in [0.25, 0.3) is 0 Å². The van der Waals surface area contributed by atoms with Crippen LogP contribution >= 0.6 is 0 Å². The first-order valence-electron chi connectivity index (χ1n) is 33.7. The highest BCUT2D eigenvalue weighted by Gasteiger charge is 2.61. The van der Waals surface area contributed by atoms with Gasteiger partial charge in [-0.3, -0.25) is 22.8 Å². The molecule has 0 aromatic heterocycles. The van der Waals surface area contributed by atoms with Gasteiger partial charge < -0.3 is 90.0 Å². The van der Waals surface area contributed by atoms with Gasteiger partial charge >= 0.3 is 52.0 Å². The van der Waals surface area contributed by atoms with Crippen LogP contribution in [0.3, 0.4) is 0 Å². The second-order valence-corrected chi connectivity index (χ2v) is 31.9. The normalized spacial score (nSPS) is 40.7. The maximum atomic E-state index is 13.0. The van der Waals surface area contributed by atoms with Crippen LogP contribution in [-0.2, 0) is 213 Å². The second kappa shape index (κ2) is 44.2. The average molecular weight is 1770 g/mol. The van der Waals surface area contributed by atoms with Gasteiger partial charge in [0.05, 0.1) is 76.8 Å². The van der Waals surface area contributed by atoms with Crippen molar-refractivity contribution in [3.8, 4) is 0 Å². The van der Waals surface area contributed by atoms with Crippen LogP contribution in [0.4, 0.5) is 0 Å². The molecule has 0 aliphatic carbocycles. The standard InChI is InChI=1S/C54H96O54S5/c1-21-23(3)48(92-37-25(5)39(78-10)50(80-12)88-30(37)16-76-8)86-29(15-75-7)35(21)94-51-40(79-11)26(6)38(31(89-51)17-77-9)93-49-24(4)22(2)36(32(87-49)18-82-110(63,64)65)95-54-47(103-113(72,73)74)45(101-107-58)42(34(91-54)20-84-112(69,70)71)97-53-46(102-108-59)44(100-106-57)41(33(90-53)19-83-111(66,67)68)96-52-43(99-105-56)28(98-104-55)13-27(85-52)14-81-109(60,61)62/h21-59H,13-20H2,1-12H3,(H,60,61,62)(H,63,64,65)(H,66,67,68)(H,69,70,71)(H,72,73,74)/t21?,22-,23?,24?,25?,26+,27-,28?,29+,30+,31?,32?,33+,34+,35+,36+,37+,38+,39?,40?,41+,42-,43?,44?,45?,46?,47?,48-,49+,50-,51+,52-,53-,54+/m1/s1. The average Bonchev–Trinajstić information content (AvgIpc) is 0.762. The molecule has 0 bridgehead atoms. The van der Waals surface area contributed by atoms with E-state index in [2.05, 4.69) is 42.6 Å². The van der Waals surface area contributed by atoms with Gasteiger partial charge in [-0.25, -0.2) is 47.2 Å². The summed E-state index contributed by atoms with van der Waals surface area (Å²) in [5.41, 5.74) is 0. The first kappa shape index (κ1) is 98.1. The molecule has 7 fully saturated rings. The van der Waals surface area contributed by atoms with Gasteiger partial charge in [0.15, 0.2) is 74.6 Å². The fourth-order valence-electron chi connectivity index (χ4n) is 14.1. The summed E-state index contributed by atoms with van der Waals surface area (Å²) in [5, 5.41) is 67.3. The lowest BCUT2D eigenvalue weighted by Crippen LogP contribution is -2.68. The Kier molecular flexibility index (Phi) is 38.3. The molecule has 666 valence electrons. The molecule has 34 atom stereocenters. The van der Waals surface area contributed by atoms with Crippen molar-refractivity contribution in [2.75, 3.05) is 88.9 Å². The van der Waals surface area contributed by atoms with Crippen molar-refractivity contribution in [3.63, 3.8) is 0 Å². The molecule has 7 heterocycles. The fraction of sp³-hybridized carbons (Fsp3) is 1.00. The molecule has 7 saturated heterocycles. The molecule has 0 radical (unpaired) electrons. The molecular formula is C54H96O54S5. The molecule has 10 N–H and O–H groups in total. The van der Waals surface area contributed by atoms with Crippen LogP contribution in [-0.4, -0.2) is 352 Å². The predicted molar refractivity (Wildman–Crippen MR) is 343 cm³/mol. The van der Waals surface area contributed by atoms with E-state index < -0.39 is 275 Å². The molecule has 7 aliphatic rings. The monoisotopic (exact) mass is 1770 g/mol. The van der Waals surface area contributed by atoms with Crippen molar-refractivity contribution in [2.24, 2.45) is 35.5 Å². The Morgan fingerprint density at radius 1 is 0.274 bits per heavy atom. The van der Waals surface area contributed by atoms with Gasteiger partial charge in [-0.05, 0) is 11.8 Å². The maximum Gasteiger partial charge on any atom is 0.397 e. The molecular weight excluding hydrogens is 1670 g/mol. The quantitative estimate of drug-likeness (QED) is 0.0173. The number of hydrogen-bond acceptors (Lipinski definition) is 49. The Balaban J connectivity index is 1.20. The van der Waals surface area contributed by atoms with E-state index in [0.717, 1.165) is 0 Å². The third-order valence-corrected chi connectivity index (χ3v) is 21.8. The smallest absolute Gasteiger partial charge is 0.382 e. The van der Waals surface area contributed by atoms with Crippen LogP contribution in [0, 0.1) is 35.5 Å². The summed E-state index contributed by atoms with van der Waals surface area (Å²) in [5.74, 6) is -4.02. The van der Waals surface area contributed by atoms with Gasteiger partial charge in [-0.2, -0.15) is 66.5 Å². The third kappa shape index (κ3) is 27.2. The van der Waals surface area contributed by atoms with Crippen molar-refractivity contribution in [1.82, 2.24) is 0 Å². The molecule has 0 amide bonds. The maximum absolute atomic E-state index is 13.0. The Morgan fingerprint density at radius 2 is 0.566 bits per heavy atom.